The second kappa shape index (κ2) is 15.8. The molecule has 0 aliphatic carbocycles. The highest BCUT2D eigenvalue weighted by Crippen LogP contribution is 2.30. The highest BCUT2D eigenvalue weighted by Gasteiger charge is 2.36. The average molecular weight is 611 g/mol. The third-order valence-electron chi connectivity index (χ3n) is 7.00. The van der Waals surface area contributed by atoms with Gasteiger partial charge in [0.1, 0.15) is 11.9 Å². The van der Waals surface area contributed by atoms with Gasteiger partial charge in [0, 0.05) is 25.1 Å². The lowest BCUT2D eigenvalue weighted by Gasteiger charge is -2.31. The summed E-state index contributed by atoms with van der Waals surface area (Å²) in [6.07, 6.45) is 0.595. The molecule has 11 nitrogen and oxygen atoms in total. The Morgan fingerprint density at radius 2 is 1.80 bits per heavy atom. The Balaban J connectivity index is 1.52. The maximum absolute atomic E-state index is 13.6. The smallest absolute Gasteiger partial charge is 0.331 e. The van der Waals surface area contributed by atoms with Gasteiger partial charge in [-0.15, -0.1) is 0 Å². The van der Waals surface area contributed by atoms with Crippen molar-refractivity contribution in [3.05, 3.63) is 89.5 Å². The summed E-state index contributed by atoms with van der Waals surface area (Å²) >= 11 is 0. The van der Waals surface area contributed by atoms with Gasteiger partial charge in [-0.3, -0.25) is 9.59 Å². The van der Waals surface area contributed by atoms with Gasteiger partial charge in [-0.25, -0.2) is 14.2 Å². The number of aromatic nitrogens is 1. The zero-order valence-electron chi connectivity index (χ0n) is 24.7. The van der Waals surface area contributed by atoms with Crippen molar-refractivity contribution in [1.29, 1.82) is 0 Å². The molecule has 44 heavy (non-hydrogen) atoms. The van der Waals surface area contributed by atoms with Crippen LogP contribution in [0.15, 0.2) is 66.9 Å². The summed E-state index contributed by atoms with van der Waals surface area (Å²) in [5, 5.41) is 2.61. The number of hydrogen-bond acceptors (Lipinski definition) is 10. The lowest BCUT2D eigenvalue weighted by atomic mass is 9.89. The van der Waals surface area contributed by atoms with Gasteiger partial charge < -0.3 is 33.7 Å². The van der Waals surface area contributed by atoms with Crippen LogP contribution in [0, 0.1) is 11.7 Å². The van der Waals surface area contributed by atoms with Gasteiger partial charge in [0.2, 0.25) is 6.79 Å². The lowest BCUT2D eigenvalue weighted by molar-refractivity contribution is -0.155. The predicted molar refractivity (Wildman–Crippen MR) is 154 cm³/mol. The molecule has 1 amide bonds. The van der Waals surface area contributed by atoms with Gasteiger partial charge in [0.05, 0.1) is 33.0 Å². The van der Waals surface area contributed by atoms with Gasteiger partial charge in [-0.1, -0.05) is 42.5 Å². The molecule has 4 atom stereocenters. The number of carbonyl (C=O) groups excluding carboxylic acids is 3. The highest BCUT2D eigenvalue weighted by atomic mass is 19.1. The Bertz CT molecular complexity index is 1400. The van der Waals surface area contributed by atoms with Crippen LogP contribution in [0.4, 0.5) is 4.39 Å². The molecule has 1 saturated heterocycles. The Kier molecular flexibility index (Phi) is 11.6. The second-order valence-electron chi connectivity index (χ2n) is 10.1. The fraction of sp³-hybridized carbons (Fsp3) is 0.375. The number of carbonyl (C=O) groups is 3. The Morgan fingerprint density at radius 1 is 1.05 bits per heavy atom. The number of benzene rings is 2. The molecular weight excluding hydrogens is 575 g/mol. The van der Waals surface area contributed by atoms with Crippen molar-refractivity contribution in [2.75, 3.05) is 27.1 Å². The Morgan fingerprint density at radius 3 is 2.50 bits per heavy atom. The molecule has 1 N–H and O–H groups in total. The van der Waals surface area contributed by atoms with Crippen molar-refractivity contribution in [3.63, 3.8) is 0 Å². The topological polar surface area (TPSA) is 132 Å². The van der Waals surface area contributed by atoms with E-state index in [-0.39, 0.29) is 42.1 Å². The summed E-state index contributed by atoms with van der Waals surface area (Å²) < 4.78 is 47.2. The Hall–Kier alpha value is -4.55. The first-order valence-electron chi connectivity index (χ1n) is 14.0. The Labute approximate surface area is 254 Å². The largest absolute Gasteiger partial charge is 0.493 e. The van der Waals surface area contributed by atoms with Crippen molar-refractivity contribution < 1.29 is 47.2 Å². The highest BCUT2D eigenvalue weighted by molar-refractivity contribution is 5.98. The fourth-order valence-corrected chi connectivity index (χ4v) is 4.68. The molecular formula is C32H35FN2O9. The minimum absolute atomic E-state index is 0.0757. The van der Waals surface area contributed by atoms with E-state index < -0.39 is 42.9 Å². The van der Waals surface area contributed by atoms with Gasteiger partial charge in [-0.2, -0.15) is 0 Å². The van der Waals surface area contributed by atoms with E-state index in [9.17, 15) is 18.8 Å². The molecule has 12 heteroatoms. The van der Waals surface area contributed by atoms with Crippen LogP contribution < -0.4 is 14.8 Å². The van der Waals surface area contributed by atoms with E-state index in [4.69, 9.17) is 28.4 Å². The van der Waals surface area contributed by atoms with Gasteiger partial charge in [0.15, 0.2) is 23.2 Å². The molecule has 0 radical (unpaired) electrons. The molecule has 3 aromatic rings. The molecule has 2 heterocycles. The van der Waals surface area contributed by atoms with Crippen molar-refractivity contribution in [1.82, 2.24) is 10.3 Å². The third-order valence-corrected chi connectivity index (χ3v) is 7.00. The summed E-state index contributed by atoms with van der Waals surface area (Å²) in [6.45, 7) is 2.67. The average Bonchev–Trinajstić information content (AvgIpc) is 3.06. The number of pyridine rings is 1. The maximum atomic E-state index is 13.6. The second-order valence-corrected chi connectivity index (χ2v) is 10.1. The standard InChI is InChI=1S/C32H35FN2O9/c1-20-25(15-22-9-11-24(33)12-10-22)28(41-16-23-7-5-4-6-8-23)18-40-17-26(32(38)44-20)35-31(37)29-30(43-19-42-21(2)36)27(39-3)13-14-34-29/h4-14,20,25-26,28H,15-19H2,1-3H3,(H,35,37)/t20-,25-,26-,28-/m0/s1. The van der Waals surface area contributed by atoms with Crippen LogP contribution in [0.2, 0.25) is 0 Å². The van der Waals surface area contributed by atoms with E-state index in [2.05, 4.69) is 10.3 Å². The van der Waals surface area contributed by atoms with Crippen LogP contribution in [0.3, 0.4) is 0 Å². The number of rotatable bonds is 11. The fourth-order valence-electron chi connectivity index (χ4n) is 4.68. The van der Waals surface area contributed by atoms with Crippen LogP contribution in [0.5, 0.6) is 11.5 Å². The van der Waals surface area contributed by atoms with E-state index >= 15 is 0 Å². The molecule has 1 aromatic heterocycles. The summed E-state index contributed by atoms with van der Waals surface area (Å²) in [5.74, 6) is -2.68. The molecule has 1 aliphatic rings. The number of amides is 1. The van der Waals surface area contributed by atoms with E-state index in [1.807, 2.05) is 30.3 Å². The molecule has 1 fully saturated rings. The quantitative estimate of drug-likeness (QED) is 0.254. The number of methoxy groups -OCH3 is 1. The number of nitrogens with one attached hydrogen (secondary N) is 1. The molecule has 0 saturated carbocycles. The van der Waals surface area contributed by atoms with Crippen molar-refractivity contribution in [2.24, 2.45) is 5.92 Å². The van der Waals surface area contributed by atoms with E-state index in [0.717, 1.165) is 11.1 Å². The number of nitrogens with zero attached hydrogens (tertiary/aromatic N) is 1. The van der Waals surface area contributed by atoms with Gasteiger partial charge in [-0.05, 0) is 36.6 Å². The van der Waals surface area contributed by atoms with Crippen molar-refractivity contribution in [2.45, 2.75) is 45.1 Å². The van der Waals surface area contributed by atoms with Crippen LogP contribution in [0.25, 0.3) is 0 Å². The molecule has 1 aliphatic heterocycles. The molecule has 0 spiro atoms. The summed E-state index contributed by atoms with van der Waals surface area (Å²) in [6, 6.07) is 16.0. The van der Waals surface area contributed by atoms with Gasteiger partial charge >= 0.3 is 11.9 Å². The monoisotopic (exact) mass is 610 g/mol. The summed E-state index contributed by atoms with van der Waals surface area (Å²) in [4.78, 5) is 41.9. The SMILES string of the molecule is COc1ccnc(C(=O)N[C@H]2COC[C@H](OCc3ccccc3)[C@@H](Cc3ccc(F)cc3)[C@H](C)OC2=O)c1OCOC(C)=O. The molecule has 4 rings (SSSR count). The zero-order valence-corrected chi connectivity index (χ0v) is 24.7. The molecule has 0 unspecified atom stereocenters. The lowest BCUT2D eigenvalue weighted by Crippen LogP contribution is -2.46. The van der Waals surface area contributed by atoms with Crippen LogP contribution in [0.1, 0.15) is 35.5 Å². The van der Waals surface area contributed by atoms with Crippen LogP contribution in [-0.4, -0.2) is 68.2 Å². The normalized spacial score (nSPS) is 20.3. The van der Waals surface area contributed by atoms with Crippen LogP contribution in [-0.2, 0) is 41.6 Å². The molecule has 0 bridgehead atoms. The summed E-state index contributed by atoms with van der Waals surface area (Å²) in [5.41, 5.74) is 1.60. The first kappa shape index (κ1) is 32.4. The summed E-state index contributed by atoms with van der Waals surface area (Å²) in [7, 11) is 1.37. The number of halogens is 1. The van der Waals surface area contributed by atoms with Gasteiger partial charge in [0.25, 0.3) is 5.91 Å². The minimum Gasteiger partial charge on any atom is -0.493 e. The number of cyclic esters (lactones) is 1. The number of esters is 2. The first-order valence-corrected chi connectivity index (χ1v) is 14.0. The third kappa shape index (κ3) is 8.98. The minimum atomic E-state index is -1.20. The maximum Gasteiger partial charge on any atom is 0.331 e. The molecule has 234 valence electrons. The van der Waals surface area contributed by atoms with Crippen molar-refractivity contribution in [3.8, 4) is 11.5 Å². The van der Waals surface area contributed by atoms with Crippen LogP contribution >= 0.6 is 0 Å². The molecule has 2 aromatic carbocycles. The van der Waals surface area contributed by atoms with E-state index in [0.29, 0.717) is 13.0 Å². The number of ether oxygens (including phenoxy) is 6. The van der Waals surface area contributed by atoms with E-state index in [1.54, 1.807) is 19.1 Å². The number of hydrogen-bond donors (Lipinski definition) is 1. The first-order chi connectivity index (χ1) is 21.2. The zero-order chi connectivity index (χ0) is 31.5. The predicted octanol–water partition coefficient (Wildman–Crippen LogP) is 3.63. The van der Waals surface area contributed by atoms with Crippen molar-refractivity contribution >= 4 is 17.8 Å². The van der Waals surface area contributed by atoms with E-state index in [1.165, 1.54) is 38.4 Å².